The molecule has 0 amide bonds. The molecule has 2 aromatic carbocycles. The Kier molecular flexibility index (Phi) is 6.18. The van der Waals surface area contributed by atoms with E-state index in [-0.39, 0.29) is 0 Å². The number of fused-ring (bicyclic) bond motifs is 1. The van der Waals surface area contributed by atoms with Gasteiger partial charge in [-0.25, -0.2) is 4.98 Å². The van der Waals surface area contributed by atoms with Gasteiger partial charge >= 0.3 is 0 Å². The fourth-order valence-corrected chi connectivity index (χ4v) is 4.55. The number of ether oxygens (including phenoxy) is 1. The van der Waals surface area contributed by atoms with Crippen LogP contribution >= 0.6 is 11.9 Å². The molecule has 4 aromatic rings. The number of hydrogen-bond acceptors (Lipinski definition) is 6. The van der Waals surface area contributed by atoms with Crippen molar-refractivity contribution in [1.29, 1.82) is 5.26 Å². The maximum atomic E-state index is 10.1. The molecule has 1 aliphatic carbocycles. The van der Waals surface area contributed by atoms with Gasteiger partial charge in [-0.3, -0.25) is 4.98 Å². The van der Waals surface area contributed by atoms with Crippen molar-refractivity contribution in [2.24, 2.45) is 5.92 Å². The van der Waals surface area contributed by atoms with E-state index in [1.165, 1.54) is 12.8 Å². The highest BCUT2D eigenvalue weighted by Crippen LogP contribution is 2.40. The normalized spacial score (nSPS) is 13.1. The van der Waals surface area contributed by atoms with E-state index in [4.69, 9.17) is 4.74 Å². The van der Waals surface area contributed by atoms with Crippen LogP contribution in [0.4, 0.5) is 5.69 Å². The molecule has 0 radical (unpaired) electrons. The summed E-state index contributed by atoms with van der Waals surface area (Å²) in [7, 11) is 0. The molecule has 1 saturated carbocycles. The molecule has 0 unspecified atom stereocenters. The summed E-state index contributed by atoms with van der Waals surface area (Å²) < 4.78 is 11.6. The first-order valence-corrected chi connectivity index (χ1v) is 12.2. The van der Waals surface area contributed by atoms with Gasteiger partial charge in [0.05, 0.1) is 23.0 Å². The first-order chi connectivity index (χ1) is 16.3. The van der Waals surface area contributed by atoms with Crippen molar-refractivity contribution in [3.8, 4) is 29.0 Å². The van der Waals surface area contributed by atoms with Crippen molar-refractivity contribution in [2.45, 2.75) is 32.7 Å². The minimum Gasteiger partial charge on any atom is -0.437 e. The standard InChI is InChI=1S/C26H25N5OS/c1-2-13-33-30-20-7-5-19(6-8-20)26-23(15-27)22-10-9-21(32-25-16-28-11-12-29-25)14-24(22)31(26)17-18-3-4-18/h5-12,14,16,18,30H,2-4,13,17H2,1H3. The van der Waals surface area contributed by atoms with Crippen LogP contribution in [-0.4, -0.2) is 20.3 Å². The maximum absolute atomic E-state index is 10.1. The minimum absolute atomic E-state index is 0.446. The van der Waals surface area contributed by atoms with Gasteiger partial charge in [-0.15, -0.1) is 0 Å². The molecule has 1 fully saturated rings. The van der Waals surface area contributed by atoms with Crippen LogP contribution in [0.1, 0.15) is 31.7 Å². The van der Waals surface area contributed by atoms with Gasteiger partial charge in [-0.2, -0.15) is 5.26 Å². The van der Waals surface area contributed by atoms with E-state index in [2.05, 4.69) is 56.5 Å². The fraction of sp³-hybridized carbons (Fsp3) is 0.269. The Balaban J connectivity index is 1.56. The average Bonchev–Trinajstić information content (AvgIpc) is 3.62. The average molecular weight is 456 g/mol. The number of rotatable bonds is 9. The summed E-state index contributed by atoms with van der Waals surface area (Å²) in [6.07, 6.45) is 8.40. The second-order valence-electron chi connectivity index (χ2n) is 8.24. The Hall–Kier alpha value is -3.50. The molecular weight excluding hydrogens is 430 g/mol. The van der Waals surface area contributed by atoms with Crippen molar-refractivity contribution in [3.63, 3.8) is 0 Å². The zero-order valence-corrected chi connectivity index (χ0v) is 19.3. The summed E-state index contributed by atoms with van der Waals surface area (Å²) in [6.45, 7) is 3.07. The SMILES string of the molecule is CCCSNc1ccc(-c2c(C#N)c3ccc(Oc4cnccn4)cc3n2CC2CC2)cc1. The third kappa shape index (κ3) is 4.67. The minimum atomic E-state index is 0.446. The zero-order chi connectivity index (χ0) is 22.6. The summed E-state index contributed by atoms with van der Waals surface area (Å²) in [5.74, 6) is 2.85. The summed E-state index contributed by atoms with van der Waals surface area (Å²) in [5.41, 5.74) is 4.81. The van der Waals surface area contributed by atoms with Gasteiger partial charge in [0.1, 0.15) is 11.8 Å². The second kappa shape index (κ2) is 9.55. The third-order valence-electron chi connectivity index (χ3n) is 5.70. The number of aromatic nitrogens is 3. The number of anilines is 1. The van der Waals surface area contributed by atoms with Crippen LogP contribution < -0.4 is 9.46 Å². The maximum Gasteiger partial charge on any atom is 0.237 e. The molecule has 0 atom stereocenters. The molecule has 0 aliphatic heterocycles. The van der Waals surface area contributed by atoms with Crippen LogP contribution in [0.25, 0.3) is 22.2 Å². The van der Waals surface area contributed by atoms with Gasteiger partial charge in [0.15, 0.2) is 0 Å². The smallest absolute Gasteiger partial charge is 0.237 e. The predicted molar refractivity (Wildman–Crippen MR) is 133 cm³/mol. The number of nitrogens with zero attached hydrogens (tertiary/aromatic N) is 4. The number of nitriles is 1. The third-order valence-corrected chi connectivity index (χ3v) is 6.69. The highest BCUT2D eigenvalue weighted by molar-refractivity contribution is 8.00. The first kappa shape index (κ1) is 21.4. The summed E-state index contributed by atoms with van der Waals surface area (Å²) in [5, 5.41) is 11.1. The lowest BCUT2D eigenvalue weighted by Gasteiger charge is -2.12. The Morgan fingerprint density at radius 1 is 1.18 bits per heavy atom. The van der Waals surface area contributed by atoms with Gasteiger partial charge < -0.3 is 14.0 Å². The fourth-order valence-electron chi connectivity index (χ4n) is 3.95. The summed E-state index contributed by atoms with van der Waals surface area (Å²) in [6, 6.07) is 16.7. The lowest BCUT2D eigenvalue weighted by Crippen LogP contribution is -2.02. The van der Waals surface area contributed by atoms with Crippen molar-refractivity contribution in [3.05, 3.63) is 66.6 Å². The molecular formula is C26H25N5OS. The molecule has 5 rings (SSSR count). The van der Waals surface area contributed by atoms with E-state index < -0.39 is 0 Å². The van der Waals surface area contributed by atoms with E-state index in [9.17, 15) is 5.26 Å². The van der Waals surface area contributed by atoms with Gasteiger partial charge in [-0.1, -0.05) is 31.0 Å². The highest BCUT2D eigenvalue weighted by Gasteiger charge is 2.26. The lowest BCUT2D eigenvalue weighted by molar-refractivity contribution is 0.460. The Bertz CT molecular complexity index is 1290. The van der Waals surface area contributed by atoms with E-state index in [0.29, 0.717) is 23.1 Å². The number of benzene rings is 2. The molecule has 0 bridgehead atoms. The molecule has 33 heavy (non-hydrogen) atoms. The van der Waals surface area contributed by atoms with E-state index in [1.807, 2.05) is 18.2 Å². The molecule has 0 spiro atoms. The van der Waals surface area contributed by atoms with Gasteiger partial charge in [0.25, 0.3) is 0 Å². The number of hydrogen-bond donors (Lipinski definition) is 1. The van der Waals surface area contributed by atoms with Gasteiger partial charge in [0, 0.05) is 41.8 Å². The van der Waals surface area contributed by atoms with Crippen LogP contribution in [0, 0.1) is 17.2 Å². The monoisotopic (exact) mass is 455 g/mol. The van der Waals surface area contributed by atoms with E-state index in [1.54, 1.807) is 30.5 Å². The van der Waals surface area contributed by atoms with Crippen LogP contribution in [-0.2, 0) is 6.54 Å². The first-order valence-electron chi connectivity index (χ1n) is 11.2. The Morgan fingerprint density at radius 2 is 2.03 bits per heavy atom. The second-order valence-corrected chi connectivity index (χ2v) is 9.14. The number of nitrogens with one attached hydrogen (secondary N) is 1. The van der Waals surface area contributed by atoms with Crippen molar-refractivity contribution in [1.82, 2.24) is 14.5 Å². The molecule has 7 heteroatoms. The molecule has 2 aromatic heterocycles. The van der Waals surface area contributed by atoms with Crippen molar-refractivity contribution in [2.75, 3.05) is 10.5 Å². The van der Waals surface area contributed by atoms with E-state index in [0.717, 1.165) is 46.6 Å². The van der Waals surface area contributed by atoms with Crippen molar-refractivity contribution >= 4 is 28.5 Å². The molecule has 0 saturated heterocycles. The lowest BCUT2D eigenvalue weighted by atomic mass is 10.1. The molecule has 1 aliphatic rings. The van der Waals surface area contributed by atoms with Gasteiger partial charge in [0.2, 0.25) is 5.88 Å². The topological polar surface area (TPSA) is 75.8 Å². The zero-order valence-electron chi connectivity index (χ0n) is 18.5. The molecule has 1 N–H and O–H groups in total. The van der Waals surface area contributed by atoms with Crippen molar-refractivity contribution < 1.29 is 4.74 Å². The summed E-state index contributed by atoms with van der Waals surface area (Å²) in [4.78, 5) is 8.27. The van der Waals surface area contributed by atoms with Crippen LogP contribution in [0.15, 0.2) is 61.1 Å². The quantitative estimate of drug-likeness (QED) is 0.225. The van der Waals surface area contributed by atoms with Crippen LogP contribution in [0.3, 0.4) is 0 Å². The predicted octanol–water partition coefficient (Wildman–Crippen LogP) is 6.64. The largest absolute Gasteiger partial charge is 0.437 e. The van der Waals surface area contributed by atoms with Gasteiger partial charge in [-0.05, 0) is 55.0 Å². The Labute approximate surface area is 197 Å². The summed E-state index contributed by atoms with van der Waals surface area (Å²) >= 11 is 1.71. The van der Waals surface area contributed by atoms with Crippen LogP contribution in [0.5, 0.6) is 11.6 Å². The molecule has 166 valence electrons. The highest BCUT2D eigenvalue weighted by atomic mass is 32.2. The Morgan fingerprint density at radius 3 is 2.73 bits per heavy atom. The molecule has 6 nitrogen and oxygen atoms in total. The van der Waals surface area contributed by atoms with Crippen LogP contribution in [0.2, 0.25) is 0 Å². The molecule has 2 heterocycles. The van der Waals surface area contributed by atoms with E-state index >= 15 is 0 Å².